The molecule has 0 spiro atoms. The Morgan fingerprint density at radius 3 is 2.35 bits per heavy atom. The average Bonchev–Trinajstić information content (AvgIpc) is 3.24. The molecule has 2 aromatic rings. The zero-order valence-corrected chi connectivity index (χ0v) is 14.9. The lowest BCUT2D eigenvalue weighted by atomic mass is 10.2. The van der Waals surface area contributed by atoms with Crippen LogP contribution in [0.3, 0.4) is 0 Å². The molecule has 2 fully saturated rings. The van der Waals surface area contributed by atoms with Gasteiger partial charge in [0.05, 0.1) is 13.2 Å². The number of anilines is 3. The maximum atomic E-state index is 12.6. The number of hydrogen-bond donors (Lipinski definition) is 1. The molecule has 1 aromatic heterocycles. The number of hydrogen-bond acceptors (Lipinski definition) is 5. The Bertz CT molecular complexity index is 751. The minimum absolute atomic E-state index is 0.186. The van der Waals surface area contributed by atoms with Gasteiger partial charge in [-0.1, -0.05) is 0 Å². The van der Waals surface area contributed by atoms with Crippen molar-refractivity contribution in [1.29, 1.82) is 0 Å². The molecule has 1 N–H and O–H groups in total. The molecule has 0 unspecified atom stereocenters. The highest BCUT2D eigenvalue weighted by Crippen LogP contribution is 2.22. The predicted molar refractivity (Wildman–Crippen MR) is 103 cm³/mol. The second-order valence-electron chi connectivity index (χ2n) is 6.69. The fourth-order valence-corrected chi connectivity index (χ4v) is 3.49. The van der Waals surface area contributed by atoms with Crippen LogP contribution in [0.4, 0.5) is 17.1 Å². The molecule has 0 bridgehead atoms. The standard InChI is InChI=1S/C20H24N4O2/c25-20(19-15-18(7-8-21-19)24-11-13-26-14-12-24)22-16-3-5-17(6-4-16)23-9-1-2-10-23/h3-8,15H,1-2,9-14H2,(H,22,25). The lowest BCUT2D eigenvalue weighted by molar-refractivity contribution is 0.102. The first kappa shape index (κ1) is 16.8. The number of morpholine rings is 1. The van der Waals surface area contributed by atoms with Gasteiger partial charge in [0.25, 0.3) is 5.91 Å². The Morgan fingerprint density at radius 2 is 1.62 bits per heavy atom. The lowest BCUT2D eigenvalue weighted by Crippen LogP contribution is -2.36. The zero-order valence-electron chi connectivity index (χ0n) is 14.9. The molecular weight excluding hydrogens is 328 g/mol. The monoisotopic (exact) mass is 352 g/mol. The van der Waals surface area contributed by atoms with Gasteiger partial charge in [0.15, 0.2) is 0 Å². The van der Waals surface area contributed by atoms with Crippen molar-refractivity contribution in [3.8, 4) is 0 Å². The van der Waals surface area contributed by atoms with Crippen LogP contribution in [-0.2, 0) is 4.74 Å². The maximum Gasteiger partial charge on any atom is 0.274 e. The Kier molecular flexibility index (Phi) is 5.02. The Labute approximate surface area is 153 Å². The average molecular weight is 352 g/mol. The molecule has 2 aliphatic heterocycles. The van der Waals surface area contributed by atoms with E-state index in [0.29, 0.717) is 18.9 Å². The van der Waals surface area contributed by atoms with Gasteiger partial charge in [-0.3, -0.25) is 9.78 Å². The van der Waals surface area contributed by atoms with Gasteiger partial charge in [-0.2, -0.15) is 0 Å². The van der Waals surface area contributed by atoms with Crippen LogP contribution in [0.25, 0.3) is 0 Å². The highest BCUT2D eigenvalue weighted by Gasteiger charge is 2.15. The molecular formula is C20H24N4O2. The van der Waals surface area contributed by atoms with E-state index in [2.05, 4.69) is 32.2 Å². The third kappa shape index (κ3) is 3.80. The molecule has 2 saturated heterocycles. The first-order valence-electron chi connectivity index (χ1n) is 9.25. The molecule has 26 heavy (non-hydrogen) atoms. The van der Waals surface area contributed by atoms with E-state index in [4.69, 9.17) is 4.74 Å². The minimum atomic E-state index is -0.186. The summed E-state index contributed by atoms with van der Waals surface area (Å²) in [5.74, 6) is -0.186. The second kappa shape index (κ2) is 7.74. The van der Waals surface area contributed by atoms with Gasteiger partial charge in [0.1, 0.15) is 5.69 Å². The van der Waals surface area contributed by atoms with Crippen molar-refractivity contribution in [2.75, 3.05) is 54.5 Å². The second-order valence-corrected chi connectivity index (χ2v) is 6.69. The summed E-state index contributed by atoms with van der Waals surface area (Å²) in [6, 6.07) is 11.8. The van der Waals surface area contributed by atoms with E-state index in [0.717, 1.165) is 37.6 Å². The van der Waals surface area contributed by atoms with Crippen LogP contribution < -0.4 is 15.1 Å². The van der Waals surface area contributed by atoms with Crippen molar-refractivity contribution in [3.05, 3.63) is 48.3 Å². The molecule has 0 aliphatic carbocycles. The SMILES string of the molecule is O=C(Nc1ccc(N2CCCC2)cc1)c1cc(N2CCOCC2)ccn1. The van der Waals surface area contributed by atoms with E-state index in [-0.39, 0.29) is 5.91 Å². The number of rotatable bonds is 4. The largest absolute Gasteiger partial charge is 0.378 e. The predicted octanol–water partition coefficient (Wildman–Crippen LogP) is 2.77. The van der Waals surface area contributed by atoms with Crippen LogP contribution in [-0.4, -0.2) is 50.3 Å². The molecule has 2 aliphatic rings. The smallest absolute Gasteiger partial charge is 0.274 e. The van der Waals surface area contributed by atoms with E-state index >= 15 is 0 Å². The summed E-state index contributed by atoms with van der Waals surface area (Å²) < 4.78 is 5.38. The maximum absolute atomic E-state index is 12.6. The first-order valence-corrected chi connectivity index (χ1v) is 9.25. The third-order valence-corrected chi connectivity index (χ3v) is 4.95. The number of aromatic nitrogens is 1. The number of nitrogens with zero attached hydrogens (tertiary/aromatic N) is 3. The normalized spacial score (nSPS) is 17.4. The summed E-state index contributed by atoms with van der Waals surface area (Å²) in [5, 5.41) is 2.94. The van der Waals surface area contributed by atoms with Gasteiger partial charge in [0, 0.05) is 49.4 Å². The molecule has 4 rings (SSSR count). The van der Waals surface area contributed by atoms with Crippen LogP contribution in [0.1, 0.15) is 23.3 Å². The first-order chi connectivity index (χ1) is 12.8. The summed E-state index contributed by atoms with van der Waals surface area (Å²) in [5.41, 5.74) is 3.44. The Balaban J connectivity index is 1.42. The number of ether oxygens (including phenoxy) is 1. The number of nitrogens with one attached hydrogen (secondary N) is 1. The molecule has 3 heterocycles. The molecule has 136 valence electrons. The summed E-state index contributed by atoms with van der Waals surface area (Å²) in [4.78, 5) is 21.4. The Hall–Kier alpha value is -2.60. The van der Waals surface area contributed by atoms with Crippen molar-refractivity contribution in [3.63, 3.8) is 0 Å². The van der Waals surface area contributed by atoms with Crippen LogP contribution in [0.2, 0.25) is 0 Å². The van der Waals surface area contributed by atoms with Gasteiger partial charge < -0.3 is 19.9 Å². The van der Waals surface area contributed by atoms with Gasteiger partial charge in [-0.15, -0.1) is 0 Å². The molecule has 0 atom stereocenters. The number of carbonyl (C=O) groups excluding carboxylic acids is 1. The van der Waals surface area contributed by atoms with Crippen LogP contribution in [0, 0.1) is 0 Å². The number of amides is 1. The third-order valence-electron chi connectivity index (χ3n) is 4.95. The lowest BCUT2D eigenvalue weighted by Gasteiger charge is -2.28. The summed E-state index contributed by atoms with van der Waals surface area (Å²) in [7, 11) is 0. The van der Waals surface area contributed by atoms with Crippen LogP contribution in [0.5, 0.6) is 0 Å². The van der Waals surface area contributed by atoms with E-state index < -0.39 is 0 Å². The molecule has 0 saturated carbocycles. The van der Waals surface area contributed by atoms with Gasteiger partial charge >= 0.3 is 0 Å². The zero-order chi connectivity index (χ0) is 17.8. The molecule has 0 radical (unpaired) electrons. The van der Waals surface area contributed by atoms with E-state index in [1.54, 1.807) is 6.20 Å². The highest BCUT2D eigenvalue weighted by molar-refractivity contribution is 6.03. The molecule has 6 heteroatoms. The van der Waals surface area contributed by atoms with E-state index in [1.807, 2.05) is 24.3 Å². The summed E-state index contributed by atoms with van der Waals surface area (Å²) in [6.07, 6.45) is 4.20. The van der Waals surface area contributed by atoms with Crippen LogP contribution in [0.15, 0.2) is 42.6 Å². The summed E-state index contributed by atoms with van der Waals surface area (Å²) >= 11 is 0. The number of carbonyl (C=O) groups is 1. The highest BCUT2D eigenvalue weighted by atomic mass is 16.5. The molecule has 1 aromatic carbocycles. The molecule has 1 amide bonds. The van der Waals surface area contributed by atoms with E-state index in [9.17, 15) is 4.79 Å². The van der Waals surface area contributed by atoms with Crippen molar-refractivity contribution in [2.45, 2.75) is 12.8 Å². The summed E-state index contributed by atoms with van der Waals surface area (Å²) in [6.45, 7) is 5.33. The number of pyridine rings is 1. The van der Waals surface area contributed by atoms with Crippen LogP contribution >= 0.6 is 0 Å². The van der Waals surface area contributed by atoms with Crippen molar-refractivity contribution >= 4 is 23.0 Å². The van der Waals surface area contributed by atoms with E-state index in [1.165, 1.54) is 18.5 Å². The quantitative estimate of drug-likeness (QED) is 0.917. The van der Waals surface area contributed by atoms with Gasteiger partial charge in [0.2, 0.25) is 0 Å². The minimum Gasteiger partial charge on any atom is -0.378 e. The van der Waals surface area contributed by atoms with Gasteiger partial charge in [-0.25, -0.2) is 0 Å². The fraction of sp³-hybridized carbons (Fsp3) is 0.400. The van der Waals surface area contributed by atoms with Gasteiger partial charge in [-0.05, 0) is 49.2 Å². The van der Waals surface area contributed by atoms with Crippen molar-refractivity contribution in [2.24, 2.45) is 0 Å². The Morgan fingerprint density at radius 1 is 0.923 bits per heavy atom. The fourth-order valence-electron chi connectivity index (χ4n) is 3.49. The van der Waals surface area contributed by atoms with Crippen molar-refractivity contribution < 1.29 is 9.53 Å². The topological polar surface area (TPSA) is 57.7 Å². The number of benzene rings is 1. The van der Waals surface area contributed by atoms with Crippen molar-refractivity contribution in [1.82, 2.24) is 4.98 Å². The molecule has 6 nitrogen and oxygen atoms in total.